The number of hydrogen-bond donors (Lipinski definition) is 1. The molecule has 0 unspecified atom stereocenters. The topological polar surface area (TPSA) is 69.2 Å². The molecule has 0 bridgehead atoms. The van der Waals surface area contributed by atoms with Gasteiger partial charge in [0.15, 0.2) is 12.7 Å². The first kappa shape index (κ1) is 13.8. The standard InChI is InChI=1S/C17H13N5O.2H2/c1-11-3-2-4-12-7-14(21-16(11)12)17(23)20-8-13-10-22-6-5-18-15(22)9-19-13;;/h2-7,9-10H,8H2,1H3;2*1H/p+1. The van der Waals surface area contributed by atoms with Crippen molar-refractivity contribution in [2.45, 2.75) is 6.92 Å². The highest BCUT2D eigenvalue weighted by atomic mass is 16.2. The zero-order valence-electron chi connectivity index (χ0n) is 12.5. The van der Waals surface area contributed by atoms with Crippen molar-refractivity contribution in [3.8, 4) is 0 Å². The fourth-order valence-corrected chi connectivity index (χ4v) is 2.59. The summed E-state index contributed by atoms with van der Waals surface area (Å²) in [6, 6.07) is 0. The predicted molar refractivity (Wildman–Crippen MR) is 93.5 cm³/mol. The maximum absolute atomic E-state index is 12.3. The van der Waals surface area contributed by atoms with Crippen molar-refractivity contribution in [1.29, 1.82) is 0 Å². The predicted octanol–water partition coefficient (Wildman–Crippen LogP) is 1.61. The summed E-state index contributed by atoms with van der Waals surface area (Å²) in [4.78, 5) is 25.1. The largest absolute Gasteiger partial charge is 0.345 e. The van der Waals surface area contributed by atoms with Crippen LogP contribution in [0.15, 0.2) is 62.4 Å². The summed E-state index contributed by atoms with van der Waals surface area (Å²) >= 11 is 0. The zero-order valence-corrected chi connectivity index (χ0v) is 12.5. The Bertz CT molecular complexity index is 856. The first-order valence-corrected chi connectivity index (χ1v) is 7.29. The molecule has 0 aromatic heterocycles. The average Bonchev–Trinajstić information content (AvgIpc) is 3.19. The van der Waals surface area contributed by atoms with Gasteiger partial charge in [0.25, 0.3) is 5.91 Å². The van der Waals surface area contributed by atoms with E-state index in [0.717, 1.165) is 28.4 Å². The molecule has 3 heterocycles. The van der Waals surface area contributed by atoms with Gasteiger partial charge in [-0.25, -0.2) is 4.99 Å². The molecule has 2 radical (unpaired) electrons. The maximum atomic E-state index is 12.3. The van der Waals surface area contributed by atoms with Crippen LogP contribution in [-0.4, -0.2) is 40.5 Å². The number of nitrogens with zero attached hydrogens (tertiary/aromatic N) is 4. The number of amides is 1. The lowest BCUT2D eigenvalue weighted by molar-refractivity contribution is -0.312. The zero-order chi connectivity index (χ0) is 15.8. The molecule has 116 valence electrons. The average molecular weight is 308 g/mol. The Morgan fingerprint density at radius 2 is 2.26 bits per heavy atom. The van der Waals surface area contributed by atoms with Gasteiger partial charge in [-0.15, -0.1) is 0 Å². The highest BCUT2D eigenvalue weighted by molar-refractivity contribution is 6.32. The second-order valence-electron chi connectivity index (χ2n) is 5.41. The smallest absolute Gasteiger partial charge is 0.330 e. The van der Waals surface area contributed by atoms with Crippen LogP contribution in [0.3, 0.4) is 0 Å². The molecule has 0 saturated heterocycles. The van der Waals surface area contributed by atoms with E-state index in [1.54, 1.807) is 12.7 Å². The fraction of sp³-hybridized carbons (Fsp3) is 0.118. The Morgan fingerprint density at radius 1 is 1.35 bits per heavy atom. The van der Waals surface area contributed by atoms with Gasteiger partial charge in [0, 0.05) is 9.27 Å². The summed E-state index contributed by atoms with van der Waals surface area (Å²) in [5.74, 6) is 0.577. The van der Waals surface area contributed by atoms with Gasteiger partial charge in [0.2, 0.25) is 0 Å². The van der Waals surface area contributed by atoms with E-state index >= 15 is 0 Å². The van der Waals surface area contributed by atoms with Crippen LogP contribution in [0.25, 0.3) is 0 Å². The molecule has 3 aliphatic heterocycles. The van der Waals surface area contributed by atoms with E-state index in [0.29, 0.717) is 12.2 Å². The molecule has 1 amide bonds. The van der Waals surface area contributed by atoms with Gasteiger partial charge in [0.05, 0.1) is 18.0 Å². The molecule has 0 aromatic rings. The minimum atomic E-state index is -0.201. The number of carbonyl (C=O) groups is 1. The summed E-state index contributed by atoms with van der Waals surface area (Å²) in [7, 11) is 0. The molecule has 4 aliphatic rings. The summed E-state index contributed by atoms with van der Waals surface area (Å²) in [6.07, 6.45) is 13.1. The number of fused-ring (bicyclic) bond motifs is 2. The van der Waals surface area contributed by atoms with Gasteiger partial charge in [-0.1, -0.05) is 12.2 Å². The second kappa shape index (κ2) is 5.39. The molecule has 0 aromatic carbocycles. The third-order valence-electron chi connectivity index (χ3n) is 3.79. The van der Waals surface area contributed by atoms with Gasteiger partial charge >= 0.3 is 5.84 Å². The summed E-state index contributed by atoms with van der Waals surface area (Å²) in [5, 5.41) is 2.85. The summed E-state index contributed by atoms with van der Waals surface area (Å²) in [5.41, 5.74) is 4.10. The van der Waals surface area contributed by atoms with E-state index in [1.165, 1.54) is 0 Å². The molecule has 1 N–H and O–H groups in total. The summed E-state index contributed by atoms with van der Waals surface area (Å²) < 4.78 is 1.87. The molecule has 0 fully saturated rings. The molecule has 23 heavy (non-hydrogen) atoms. The van der Waals surface area contributed by atoms with Crippen LogP contribution >= 0.6 is 0 Å². The number of allylic oxidation sites excluding steroid dienone is 5. The monoisotopic (exact) mass is 308 g/mol. The number of rotatable bonds is 3. The van der Waals surface area contributed by atoms with Crippen molar-refractivity contribution < 1.29 is 12.2 Å². The molecule has 1 aliphatic carbocycles. The Balaban J connectivity index is 0.00000113. The second-order valence-corrected chi connectivity index (χ2v) is 5.41. The van der Waals surface area contributed by atoms with Gasteiger partial charge in [-0.3, -0.25) is 9.79 Å². The van der Waals surface area contributed by atoms with Crippen molar-refractivity contribution in [2.75, 3.05) is 6.54 Å². The minimum Gasteiger partial charge on any atom is -0.345 e. The Morgan fingerprint density at radius 3 is 3.13 bits per heavy atom. The molecule has 6 heteroatoms. The SMILES string of the molecule is CC1=C[CH]C=C2C=C(C(=O)NCC3=N[CH]C4=NC=C[N+]4=C3)N=C12.[HH].[HH]. The first-order valence-electron chi connectivity index (χ1n) is 7.29. The number of amidine groups is 1. The highest BCUT2D eigenvalue weighted by Gasteiger charge is 2.24. The van der Waals surface area contributed by atoms with E-state index < -0.39 is 0 Å². The Labute approximate surface area is 136 Å². The maximum Gasteiger partial charge on any atom is 0.330 e. The van der Waals surface area contributed by atoms with Crippen LogP contribution in [0.4, 0.5) is 0 Å². The third kappa shape index (κ3) is 2.52. The number of nitrogens with one attached hydrogen (secondary N) is 1. The van der Waals surface area contributed by atoms with Crippen LogP contribution < -0.4 is 5.32 Å². The Kier molecular flexibility index (Phi) is 3.22. The van der Waals surface area contributed by atoms with Crippen LogP contribution in [-0.2, 0) is 4.79 Å². The van der Waals surface area contributed by atoms with Crippen LogP contribution in [0, 0.1) is 13.0 Å². The van der Waals surface area contributed by atoms with Crippen LogP contribution in [0.5, 0.6) is 0 Å². The highest BCUT2D eigenvalue weighted by Crippen LogP contribution is 2.24. The van der Waals surface area contributed by atoms with Crippen LogP contribution in [0.2, 0.25) is 0 Å². The van der Waals surface area contributed by atoms with Gasteiger partial charge in [0.1, 0.15) is 18.1 Å². The Hall–Kier alpha value is -2.89. The van der Waals surface area contributed by atoms with E-state index in [2.05, 4.69) is 20.3 Å². The van der Waals surface area contributed by atoms with Gasteiger partial charge in [-0.2, -0.15) is 4.58 Å². The van der Waals surface area contributed by atoms with Crippen molar-refractivity contribution in [3.63, 3.8) is 0 Å². The van der Waals surface area contributed by atoms with E-state index in [9.17, 15) is 4.79 Å². The van der Waals surface area contributed by atoms with Crippen molar-refractivity contribution in [1.82, 2.24) is 5.32 Å². The molecule has 0 spiro atoms. The first-order chi connectivity index (χ1) is 11.2. The molecular weight excluding hydrogens is 290 g/mol. The lowest BCUT2D eigenvalue weighted by Crippen LogP contribution is -2.34. The fourth-order valence-electron chi connectivity index (χ4n) is 2.59. The molecule has 0 atom stereocenters. The molecule has 0 saturated carbocycles. The van der Waals surface area contributed by atoms with E-state index in [4.69, 9.17) is 0 Å². The molecule has 6 nitrogen and oxygen atoms in total. The summed E-state index contributed by atoms with van der Waals surface area (Å²) in [6.45, 7) is 4.01. The molecular formula is C17H18N5O+. The number of hydrogen-bond acceptors (Lipinski definition) is 4. The quantitative estimate of drug-likeness (QED) is 0.791. The lowest BCUT2D eigenvalue weighted by Gasteiger charge is -2.08. The van der Waals surface area contributed by atoms with Crippen molar-refractivity contribution in [2.24, 2.45) is 15.0 Å². The van der Waals surface area contributed by atoms with Crippen molar-refractivity contribution in [3.05, 3.63) is 60.4 Å². The van der Waals surface area contributed by atoms with Crippen molar-refractivity contribution >= 4 is 29.4 Å². The number of aliphatic imine (C=N–C) groups is 3. The van der Waals surface area contributed by atoms with Gasteiger partial charge in [-0.05, 0) is 29.1 Å². The number of carbonyl (C=O) groups excluding carboxylic acids is 1. The van der Waals surface area contributed by atoms with E-state index in [1.807, 2.05) is 48.6 Å². The van der Waals surface area contributed by atoms with Crippen LogP contribution in [0.1, 0.15) is 9.78 Å². The normalized spacial score (nSPS) is 21.2. The molecule has 4 rings (SSSR count). The lowest BCUT2D eigenvalue weighted by atomic mass is 9.98. The van der Waals surface area contributed by atoms with Gasteiger partial charge < -0.3 is 5.32 Å². The van der Waals surface area contributed by atoms with E-state index in [-0.39, 0.29) is 8.76 Å². The minimum absolute atomic E-state index is 0. The third-order valence-corrected chi connectivity index (χ3v) is 3.79.